The summed E-state index contributed by atoms with van der Waals surface area (Å²) in [4.78, 5) is 14.9. The second-order valence-electron chi connectivity index (χ2n) is 4.31. The van der Waals surface area contributed by atoms with E-state index in [1.54, 1.807) is 0 Å². The fourth-order valence-corrected chi connectivity index (χ4v) is 1.91. The Morgan fingerprint density at radius 2 is 2.05 bits per heavy atom. The van der Waals surface area contributed by atoms with Gasteiger partial charge in [-0.1, -0.05) is 0 Å². The van der Waals surface area contributed by atoms with Gasteiger partial charge in [-0.05, 0) is 6.07 Å². The van der Waals surface area contributed by atoms with E-state index in [0.29, 0.717) is 17.1 Å². The standard InChI is InChI=1S/C14H10FNO5/c15-9-1-8(4-16-5-9)6-19-11-3-13-12(20-7-21-13)2-10(11)14(17)18/h1-5H,6-7H2,(H,17,18). The van der Waals surface area contributed by atoms with Crippen LogP contribution < -0.4 is 14.2 Å². The SMILES string of the molecule is O=C(O)c1cc2c(cc1OCc1cncc(F)c1)OCO2. The van der Waals surface area contributed by atoms with Gasteiger partial charge in [-0.3, -0.25) is 4.98 Å². The molecule has 0 bridgehead atoms. The lowest BCUT2D eigenvalue weighted by Crippen LogP contribution is -2.04. The molecule has 6 nitrogen and oxygen atoms in total. The highest BCUT2D eigenvalue weighted by Gasteiger charge is 2.21. The number of aromatic nitrogens is 1. The smallest absolute Gasteiger partial charge is 0.339 e. The van der Waals surface area contributed by atoms with Crippen molar-refractivity contribution in [2.75, 3.05) is 6.79 Å². The Hall–Kier alpha value is -2.83. The quantitative estimate of drug-likeness (QED) is 0.930. The van der Waals surface area contributed by atoms with Gasteiger partial charge in [0.2, 0.25) is 6.79 Å². The second kappa shape index (κ2) is 5.28. The van der Waals surface area contributed by atoms with E-state index >= 15 is 0 Å². The minimum absolute atomic E-state index is 0.00924. The van der Waals surface area contributed by atoms with E-state index in [0.717, 1.165) is 6.20 Å². The van der Waals surface area contributed by atoms with E-state index in [9.17, 15) is 14.3 Å². The Bertz CT molecular complexity index is 704. The van der Waals surface area contributed by atoms with E-state index in [2.05, 4.69) is 4.98 Å². The first kappa shape index (κ1) is 13.2. The number of carbonyl (C=O) groups is 1. The Balaban J connectivity index is 1.86. The van der Waals surface area contributed by atoms with Crippen molar-refractivity contribution in [2.45, 2.75) is 6.61 Å². The van der Waals surface area contributed by atoms with Crippen LogP contribution in [-0.2, 0) is 6.61 Å². The lowest BCUT2D eigenvalue weighted by Gasteiger charge is -2.10. The molecule has 7 heteroatoms. The molecule has 0 spiro atoms. The summed E-state index contributed by atoms with van der Waals surface area (Å²) in [6.45, 7) is 0.0242. The lowest BCUT2D eigenvalue weighted by atomic mass is 10.1. The predicted octanol–water partition coefficient (Wildman–Crippen LogP) is 2.23. The molecule has 0 aliphatic carbocycles. The van der Waals surface area contributed by atoms with E-state index in [-0.39, 0.29) is 24.7 Å². The third-order valence-corrected chi connectivity index (χ3v) is 2.86. The van der Waals surface area contributed by atoms with Crippen molar-refractivity contribution < 1.29 is 28.5 Å². The van der Waals surface area contributed by atoms with Crippen molar-refractivity contribution in [1.29, 1.82) is 0 Å². The first-order valence-corrected chi connectivity index (χ1v) is 6.02. The number of carboxylic acids is 1. The van der Waals surface area contributed by atoms with Crippen LogP contribution in [0.4, 0.5) is 4.39 Å². The molecular weight excluding hydrogens is 281 g/mol. The van der Waals surface area contributed by atoms with Crippen LogP contribution in [0.1, 0.15) is 15.9 Å². The molecule has 1 N–H and O–H groups in total. The number of rotatable bonds is 4. The van der Waals surface area contributed by atoms with E-state index in [1.807, 2.05) is 0 Å². The Morgan fingerprint density at radius 1 is 1.29 bits per heavy atom. The molecule has 0 saturated heterocycles. The number of hydrogen-bond donors (Lipinski definition) is 1. The largest absolute Gasteiger partial charge is 0.488 e. The van der Waals surface area contributed by atoms with Gasteiger partial charge < -0.3 is 19.3 Å². The van der Waals surface area contributed by atoms with Gasteiger partial charge >= 0.3 is 5.97 Å². The molecule has 1 aliphatic heterocycles. The molecule has 0 unspecified atom stereocenters. The summed E-state index contributed by atoms with van der Waals surface area (Å²) in [6, 6.07) is 4.04. The first-order valence-electron chi connectivity index (χ1n) is 6.02. The average molecular weight is 291 g/mol. The number of nitrogens with zero attached hydrogens (tertiary/aromatic N) is 1. The number of hydrogen-bond acceptors (Lipinski definition) is 5. The number of halogens is 1. The average Bonchev–Trinajstić information content (AvgIpc) is 2.91. The molecule has 1 aromatic carbocycles. The van der Waals surface area contributed by atoms with Crippen molar-refractivity contribution in [2.24, 2.45) is 0 Å². The van der Waals surface area contributed by atoms with E-state index in [4.69, 9.17) is 14.2 Å². The van der Waals surface area contributed by atoms with Crippen LogP contribution >= 0.6 is 0 Å². The van der Waals surface area contributed by atoms with E-state index in [1.165, 1.54) is 24.4 Å². The topological polar surface area (TPSA) is 77.9 Å². The minimum Gasteiger partial charge on any atom is -0.488 e. The van der Waals surface area contributed by atoms with Crippen LogP contribution in [0.15, 0.2) is 30.6 Å². The molecule has 3 rings (SSSR count). The van der Waals surface area contributed by atoms with Crippen molar-refractivity contribution in [1.82, 2.24) is 4.98 Å². The molecule has 1 aliphatic rings. The molecule has 0 fully saturated rings. The fourth-order valence-electron chi connectivity index (χ4n) is 1.91. The number of fused-ring (bicyclic) bond motifs is 1. The molecular formula is C14H10FNO5. The molecule has 2 aromatic rings. The minimum atomic E-state index is -1.15. The van der Waals surface area contributed by atoms with Crippen LogP contribution in [-0.4, -0.2) is 22.9 Å². The van der Waals surface area contributed by atoms with Crippen LogP contribution in [0.5, 0.6) is 17.2 Å². The number of pyridine rings is 1. The molecule has 2 heterocycles. The number of ether oxygens (including phenoxy) is 3. The summed E-state index contributed by atoms with van der Waals surface area (Å²) in [5, 5.41) is 9.19. The van der Waals surface area contributed by atoms with Gasteiger partial charge in [0.25, 0.3) is 0 Å². The molecule has 21 heavy (non-hydrogen) atoms. The molecule has 108 valence electrons. The van der Waals surface area contributed by atoms with E-state index < -0.39 is 11.8 Å². The Kier molecular flexibility index (Phi) is 3.31. The normalized spacial score (nSPS) is 12.2. The zero-order valence-electron chi connectivity index (χ0n) is 10.7. The van der Waals surface area contributed by atoms with Gasteiger partial charge in [-0.25, -0.2) is 9.18 Å². The molecule has 0 atom stereocenters. The second-order valence-corrected chi connectivity index (χ2v) is 4.31. The highest BCUT2D eigenvalue weighted by Crippen LogP contribution is 2.38. The van der Waals surface area contributed by atoms with Crippen LogP contribution in [0, 0.1) is 5.82 Å². The Morgan fingerprint density at radius 3 is 2.76 bits per heavy atom. The number of carboxylic acid groups (broad SMARTS) is 1. The number of benzene rings is 1. The predicted molar refractivity (Wildman–Crippen MR) is 68.1 cm³/mol. The lowest BCUT2D eigenvalue weighted by molar-refractivity contribution is 0.0691. The summed E-state index contributed by atoms with van der Waals surface area (Å²) in [6.07, 6.45) is 2.52. The summed E-state index contributed by atoms with van der Waals surface area (Å²) in [5.41, 5.74) is 0.438. The maximum Gasteiger partial charge on any atom is 0.339 e. The van der Waals surface area contributed by atoms with Crippen molar-refractivity contribution in [3.8, 4) is 17.2 Å². The summed E-state index contributed by atoms with van der Waals surface area (Å²) < 4.78 is 28.8. The Labute approximate surface area is 118 Å². The van der Waals surface area contributed by atoms with Crippen molar-refractivity contribution in [3.05, 3.63) is 47.5 Å². The zero-order chi connectivity index (χ0) is 14.8. The maximum atomic E-state index is 13.0. The summed E-state index contributed by atoms with van der Waals surface area (Å²) >= 11 is 0. The maximum absolute atomic E-state index is 13.0. The third kappa shape index (κ3) is 2.71. The van der Waals surface area contributed by atoms with Crippen LogP contribution in [0.3, 0.4) is 0 Å². The highest BCUT2D eigenvalue weighted by molar-refractivity contribution is 5.92. The molecule has 1 aromatic heterocycles. The van der Waals surface area contributed by atoms with Crippen molar-refractivity contribution >= 4 is 5.97 Å². The number of aromatic carboxylic acids is 1. The fraction of sp³-hybridized carbons (Fsp3) is 0.143. The molecule has 0 amide bonds. The van der Waals surface area contributed by atoms with Gasteiger partial charge in [0, 0.05) is 23.9 Å². The van der Waals surface area contributed by atoms with Gasteiger partial charge in [0.05, 0.1) is 6.20 Å². The third-order valence-electron chi connectivity index (χ3n) is 2.86. The summed E-state index contributed by atoms with van der Waals surface area (Å²) in [7, 11) is 0. The zero-order valence-corrected chi connectivity index (χ0v) is 10.7. The van der Waals surface area contributed by atoms with Crippen molar-refractivity contribution in [3.63, 3.8) is 0 Å². The van der Waals surface area contributed by atoms with Gasteiger partial charge in [-0.2, -0.15) is 0 Å². The molecule has 0 saturated carbocycles. The van der Waals surface area contributed by atoms with Crippen LogP contribution in [0.2, 0.25) is 0 Å². The molecule has 0 radical (unpaired) electrons. The van der Waals surface area contributed by atoms with Crippen LogP contribution in [0.25, 0.3) is 0 Å². The highest BCUT2D eigenvalue weighted by atomic mass is 19.1. The van der Waals surface area contributed by atoms with Gasteiger partial charge in [-0.15, -0.1) is 0 Å². The van der Waals surface area contributed by atoms with Gasteiger partial charge in [0.1, 0.15) is 23.7 Å². The van der Waals surface area contributed by atoms with Gasteiger partial charge in [0.15, 0.2) is 11.5 Å². The summed E-state index contributed by atoms with van der Waals surface area (Å²) in [5.74, 6) is -0.753. The first-order chi connectivity index (χ1) is 10.1. The monoisotopic (exact) mass is 291 g/mol.